The number of anilines is 1. The molecule has 2 aromatic rings. The maximum absolute atomic E-state index is 12.3. The van der Waals surface area contributed by atoms with Crippen molar-refractivity contribution in [1.29, 1.82) is 0 Å². The van der Waals surface area contributed by atoms with Gasteiger partial charge in [0.05, 0.1) is 10.2 Å². The number of amides is 1. The fourth-order valence-electron chi connectivity index (χ4n) is 1.98. The van der Waals surface area contributed by atoms with Crippen molar-refractivity contribution < 1.29 is 9.72 Å². The third kappa shape index (κ3) is 4.08. The van der Waals surface area contributed by atoms with Crippen LogP contribution in [0.25, 0.3) is 0 Å². The number of nitrogens with zero attached hydrogens (tertiary/aromatic N) is 3. The summed E-state index contributed by atoms with van der Waals surface area (Å²) in [4.78, 5) is 31.5. The first-order valence-corrected chi connectivity index (χ1v) is 8.20. The minimum absolute atomic E-state index is 0.138. The topological polar surface area (TPSA) is 98.0 Å². The van der Waals surface area contributed by atoms with E-state index in [1.807, 2.05) is 20.8 Å². The Kier molecular flexibility index (Phi) is 5.50. The van der Waals surface area contributed by atoms with E-state index >= 15 is 0 Å². The zero-order valence-corrected chi connectivity index (χ0v) is 14.7. The van der Waals surface area contributed by atoms with E-state index in [0.717, 1.165) is 17.0 Å². The first-order chi connectivity index (χ1) is 11.3. The lowest BCUT2D eigenvalue weighted by Crippen LogP contribution is -2.23. The normalized spacial score (nSPS) is 11.8. The SMILES string of the molecule is Cc1nc(S[C@H](C)C(=O)Nc2ccccc2[N+](=O)[O-])nc(C)c1C. The van der Waals surface area contributed by atoms with E-state index in [1.54, 1.807) is 19.1 Å². The number of nitro benzene ring substituents is 1. The number of benzene rings is 1. The van der Waals surface area contributed by atoms with Crippen molar-refractivity contribution in [1.82, 2.24) is 9.97 Å². The molecule has 1 aromatic heterocycles. The van der Waals surface area contributed by atoms with Gasteiger partial charge in [-0.05, 0) is 39.3 Å². The molecule has 0 aliphatic heterocycles. The number of rotatable bonds is 5. The first kappa shape index (κ1) is 17.9. The summed E-state index contributed by atoms with van der Waals surface area (Å²) in [6, 6.07) is 6.04. The molecule has 0 unspecified atom stereocenters. The molecule has 8 heteroatoms. The molecular formula is C16H18N4O3S. The Morgan fingerprint density at radius 1 is 1.21 bits per heavy atom. The molecule has 0 fully saturated rings. The van der Waals surface area contributed by atoms with Gasteiger partial charge in [-0.1, -0.05) is 23.9 Å². The van der Waals surface area contributed by atoms with Crippen LogP contribution in [0.3, 0.4) is 0 Å². The standard InChI is InChI=1S/C16H18N4O3S/c1-9-10(2)17-16(18-11(9)3)24-12(4)15(21)19-13-7-5-6-8-14(13)20(22)23/h5-8,12H,1-4H3,(H,19,21)/t12-/m1/s1. The van der Waals surface area contributed by atoms with E-state index in [-0.39, 0.29) is 17.3 Å². The molecule has 0 aliphatic carbocycles. The molecule has 1 heterocycles. The molecule has 1 aromatic carbocycles. The van der Waals surface area contributed by atoms with Crippen LogP contribution < -0.4 is 5.32 Å². The number of carbonyl (C=O) groups excluding carboxylic acids is 1. The second-order valence-corrected chi connectivity index (χ2v) is 6.63. The average molecular weight is 346 g/mol. The van der Waals surface area contributed by atoms with Crippen molar-refractivity contribution in [2.24, 2.45) is 0 Å². The highest BCUT2D eigenvalue weighted by Crippen LogP contribution is 2.26. The van der Waals surface area contributed by atoms with Gasteiger partial charge in [-0.3, -0.25) is 14.9 Å². The van der Waals surface area contributed by atoms with Crippen molar-refractivity contribution in [2.45, 2.75) is 38.1 Å². The Morgan fingerprint density at radius 2 is 1.79 bits per heavy atom. The number of thioether (sulfide) groups is 1. The molecular weight excluding hydrogens is 328 g/mol. The maximum atomic E-state index is 12.3. The molecule has 0 aliphatic rings. The van der Waals surface area contributed by atoms with Crippen molar-refractivity contribution in [3.8, 4) is 0 Å². The summed E-state index contributed by atoms with van der Waals surface area (Å²) >= 11 is 1.22. The van der Waals surface area contributed by atoms with E-state index in [4.69, 9.17) is 0 Å². The zero-order valence-electron chi connectivity index (χ0n) is 13.9. The van der Waals surface area contributed by atoms with E-state index < -0.39 is 10.2 Å². The van der Waals surface area contributed by atoms with E-state index in [0.29, 0.717) is 5.16 Å². The van der Waals surface area contributed by atoms with Gasteiger partial charge in [0.25, 0.3) is 5.69 Å². The van der Waals surface area contributed by atoms with Crippen molar-refractivity contribution in [3.63, 3.8) is 0 Å². The third-order valence-electron chi connectivity index (χ3n) is 3.62. The largest absolute Gasteiger partial charge is 0.319 e. The third-order valence-corrected chi connectivity index (χ3v) is 4.58. The molecule has 0 saturated carbocycles. The fourth-order valence-corrected chi connectivity index (χ4v) is 2.84. The molecule has 0 bridgehead atoms. The molecule has 0 saturated heterocycles. The van der Waals surface area contributed by atoms with Gasteiger partial charge in [-0.2, -0.15) is 0 Å². The van der Waals surface area contributed by atoms with Gasteiger partial charge >= 0.3 is 0 Å². The van der Waals surface area contributed by atoms with Gasteiger partial charge < -0.3 is 5.32 Å². The van der Waals surface area contributed by atoms with E-state index in [1.165, 1.54) is 23.9 Å². The Hall–Kier alpha value is -2.48. The van der Waals surface area contributed by atoms with Crippen molar-refractivity contribution in [2.75, 3.05) is 5.32 Å². The highest BCUT2D eigenvalue weighted by Gasteiger charge is 2.20. The summed E-state index contributed by atoms with van der Waals surface area (Å²) in [5, 5.41) is 13.6. The quantitative estimate of drug-likeness (QED) is 0.385. The number of hydrogen-bond acceptors (Lipinski definition) is 6. The van der Waals surface area contributed by atoms with Gasteiger partial charge in [0, 0.05) is 17.5 Å². The summed E-state index contributed by atoms with van der Waals surface area (Å²) in [5.41, 5.74) is 2.81. The van der Waals surface area contributed by atoms with Crippen LogP contribution in [-0.4, -0.2) is 26.0 Å². The molecule has 7 nitrogen and oxygen atoms in total. The highest BCUT2D eigenvalue weighted by atomic mass is 32.2. The molecule has 126 valence electrons. The van der Waals surface area contributed by atoms with Crippen LogP contribution in [-0.2, 0) is 4.79 Å². The summed E-state index contributed by atoms with van der Waals surface area (Å²) in [7, 11) is 0. The summed E-state index contributed by atoms with van der Waals surface area (Å²) in [5.74, 6) is -0.339. The number of nitrogens with one attached hydrogen (secondary N) is 1. The van der Waals surface area contributed by atoms with Gasteiger partial charge in [-0.25, -0.2) is 9.97 Å². The lowest BCUT2D eigenvalue weighted by atomic mass is 10.2. The highest BCUT2D eigenvalue weighted by molar-refractivity contribution is 8.00. The lowest BCUT2D eigenvalue weighted by molar-refractivity contribution is -0.383. The van der Waals surface area contributed by atoms with Crippen LogP contribution in [0.1, 0.15) is 23.9 Å². The lowest BCUT2D eigenvalue weighted by Gasteiger charge is -2.12. The Balaban J connectivity index is 2.12. The number of aryl methyl sites for hydroxylation is 2. The summed E-state index contributed by atoms with van der Waals surface area (Å²) < 4.78 is 0. The maximum Gasteiger partial charge on any atom is 0.292 e. The molecule has 24 heavy (non-hydrogen) atoms. The Morgan fingerprint density at radius 3 is 2.38 bits per heavy atom. The van der Waals surface area contributed by atoms with Crippen LogP contribution in [0.15, 0.2) is 29.4 Å². The summed E-state index contributed by atoms with van der Waals surface area (Å²) in [6.45, 7) is 7.45. The number of para-hydroxylation sites is 2. The van der Waals surface area contributed by atoms with Gasteiger partial charge in [0.1, 0.15) is 5.69 Å². The van der Waals surface area contributed by atoms with Gasteiger partial charge in [0.15, 0.2) is 5.16 Å². The van der Waals surface area contributed by atoms with E-state index in [9.17, 15) is 14.9 Å². The predicted molar refractivity (Wildman–Crippen MR) is 93.3 cm³/mol. The zero-order chi connectivity index (χ0) is 17.9. The minimum atomic E-state index is -0.525. The molecule has 1 N–H and O–H groups in total. The smallest absolute Gasteiger partial charge is 0.292 e. The monoisotopic (exact) mass is 346 g/mol. The molecule has 1 amide bonds. The van der Waals surface area contributed by atoms with Crippen LogP contribution in [0.5, 0.6) is 0 Å². The van der Waals surface area contributed by atoms with Crippen LogP contribution >= 0.6 is 11.8 Å². The number of carbonyl (C=O) groups is 1. The number of nitro groups is 1. The van der Waals surface area contributed by atoms with Crippen molar-refractivity contribution >= 4 is 29.0 Å². The predicted octanol–water partition coefficient (Wildman–Crippen LogP) is 3.43. The van der Waals surface area contributed by atoms with E-state index in [2.05, 4.69) is 15.3 Å². The van der Waals surface area contributed by atoms with Crippen LogP contribution in [0.4, 0.5) is 11.4 Å². The molecule has 1 atom stereocenters. The number of hydrogen-bond donors (Lipinski definition) is 1. The summed E-state index contributed by atoms with van der Waals surface area (Å²) in [6.07, 6.45) is 0. The van der Waals surface area contributed by atoms with Gasteiger partial charge in [-0.15, -0.1) is 0 Å². The van der Waals surface area contributed by atoms with Gasteiger partial charge in [0.2, 0.25) is 5.91 Å². The second kappa shape index (κ2) is 7.39. The van der Waals surface area contributed by atoms with Crippen LogP contribution in [0.2, 0.25) is 0 Å². The Labute approximate surface area is 144 Å². The molecule has 2 rings (SSSR count). The fraction of sp³-hybridized carbons (Fsp3) is 0.312. The van der Waals surface area contributed by atoms with Crippen LogP contribution in [0, 0.1) is 30.9 Å². The average Bonchev–Trinajstić information content (AvgIpc) is 2.52. The minimum Gasteiger partial charge on any atom is -0.319 e. The molecule has 0 radical (unpaired) electrons. The second-order valence-electron chi connectivity index (χ2n) is 5.33. The number of aromatic nitrogens is 2. The Bertz CT molecular complexity index is 772. The molecule has 0 spiro atoms. The first-order valence-electron chi connectivity index (χ1n) is 7.32. The van der Waals surface area contributed by atoms with Crippen molar-refractivity contribution in [3.05, 3.63) is 51.3 Å².